The highest BCUT2D eigenvalue weighted by atomic mass is 32.1. The van der Waals surface area contributed by atoms with E-state index >= 15 is 0 Å². The first kappa shape index (κ1) is 15.1. The molecule has 1 N–H and O–H groups in total. The fraction of sp³-hybridized carbons (Fsp3) is 0.333. The monoisotopic (exact) mass is 331 g/mol. The summed E-state index contributed by atoms with van der Waals surface area (Å²) in [6.07, 6.45) is 3.28. The summed E-state index contributed by atoms with van der Waals surface area (Å²) in [5.41, 5.74) is 4.11. The third-order valence-corrected chi connectivity index (χ3v) is 5.42. The number of hydrogen-bond acceptors (Lipinski definition) is 7. The lowest BCUT2D eigenvalue weighted by Crippen LogP contribution is -2.07. The van der Waals surface area contributed by atoms with E-state index in [1.165, 1.54) is 4.88 Å². The standard InChI is InChI=1S/C15H17N5S2/c1-9-7-21-12(19-9)6-18-20-13-10-5-11(15(2,3)4)22-14(10)17-8-16-13/h5-8H,1-4H3,(H,16,17,20). The molecular weight excluding hydrogens is 314 g/mol. The molecule has 0 aliphatic rings. The van der Waals surface area contributed by atoms with E-state index in [-0.39, 0.29) is 5.41 Å². The maximum Gasteiger partial charge on any atom is 0.158 e. The smallest absolute Gasteiger partial charge is 0.158 e. The molecule has 0 fully saturated rings. The molecule has 114 valence electrons. The van der Waals surface area contributed by atoms with Gasteiger partial charge in [0.2, 0.25) is 0 Å². The molecule has 3 aromatic heterocycles. The largest absolute Gasteiger partial charge is 0.261 e. The Hall–Kier alpha value is -1.86. The van der Waals surface area contributed by atoms with Crippen LogP contribution >= 0.6 is 22.7 Å². The van der Waals surface area contributed by atoms with Crippen LogP contribution in [0.15, 0.2) is 22.9 Å². The molecule has 0 atom stereocenters. The van der Waals surface area contributed by atoms with Crippen LogP contribution in [-0.4, -0.2) is 21.2 Å². The van der Waals surface area contributed by atoms with Gasteiger partial charge in [-0.05, 0) is 18.4 Å². The van der Waals surface area contributed by atoms with E-state index in [9.17, 15) is 0 Å². The zero-order chi connectivity index (χ0) is 15.7. The van der Waals surface area contributed by atoms with Crippen molar-refractivity contribution in [2.45, 2.75) is 33.1 Å². The van der Waals surface area contributed by atoms with Crippen LogP contribution in [0.2, 0.25) is 0 Å². The molecule has 0 amide bonds. The highest BCUT2D eigenvalue weighted by Crippen LogP contribution is 2.35. The molecule has 3 heterocycles. The van der Waals surface area contributed by atoms with Crippen molar-refractivity contribution in [1.82, 2.24) is 15.0 Å². The summed E-state index contributed by atoms with van der Waals surface area (Å²) in [5, 5.41) is 8.11. The van der Waals surface area contributed by atoms with Crippen molar-refractivity contribution in [2.24, 2.45) is 5.10 Å². The van der Waals surface area contributed by atoms with Crippen molar-refractivity contribution >= 4 is 44.9 Å². The van der Waals surface area contributed by atoms with Crippen LogP contribution in [0.5, 0.6) is 0 Å². The molecule has 0 saturated heterocycles. The SMILES string of the molecule is Cc1csc(C=NNc2ncnc3sc(C(C)(C)C)cc23)n1. The summed E-state index contributed by atoms with van der Waals surface area (Å²) in [5.74, 6) is 0.723. The summed E-state index contributed by atoms with van der Waals surface area (Å²) in [6, 6.07) is 2.14. The number of aromatic nitrogens is 3. The van der Waals surface area contributed by atoms with Crippen LogP contribution in [-0.2, 0) is 5.41 Å². The van der Waals surface area contributed by atoms with Crippen LogP contribution < -0.4 is 5.43 Å². The minimum Gasteiger partial charge on any atom is -0.261 e. The normalized spacial score (nSPS) is 12.4. The lowest BCUT2D eigenvalue weighted by atomic mass is 9.94. The van der Waals surface area contributed by atoms with Gasteiger partial charge in [0.05, 0.1) is 11.6 Å². The molecule has 5 nitrogen and oxygen atoms in total. The van der Waals surface area contributed by atoms with Crippen LogP contribution in [0, 0.1) is 6.92 Å². The van der Waals surface area contributed by atoms with E-state index in [4.69, 9.17) is 0 Å². The predicted octanol–water partition coefficient (Wildman–Crippen LogP) is 4.20. The number of hydrazone groups is 1. The van der Waals surface area contributed by atoms with Crippen LogP contribution in [0.3, 0.4) is 0 Å². The number of thiazole rings is 1. The van der Waals surface area contributed by atoms with Crippen LogP contribution in [0.25, 0.3) is 10.2 Å². The second-order valence-electron chi connectivity index (χ2n) is 6.00. The number of nitrogens with one attached hydrogen (secondary N) is 1. The highest BCUT2D eigenvalue weighted by Gasteiger charge is 2.18. The molecule has 7 heteroatoms. The number of hydrogen-bond donors (Lipinski definition) is 1. The molecule has 22 heavy (non-hydrogen) atoms. The molecule has 0 saturated carbocycles. The van der Waals surface area contributed by atoms with E-state index in [1.54, 1.807) is 35.2 Å². The first-order valence-corrected chi connectivity index (χ1v) is 8.59. The lowest BCUT2D eigenvalue weighted by Gasteiger charge is -2.14. The molecule has 0 aliphatic carbocycles. The van der Waals surface area contributed by atoms with E-state index in [0.717, 1.165) is 26.7 Å². The second-order valence-corrected chi connectivity index (χ2v) is 7.92. The summed E-state index contributed by atoms with van der Waals surface area (Å²) >= 11 is 3.26. The van der Waals surface area contributed by atoms with Gasteiger partial charge >= 0.3 is 0 Å². The number of thiophene rings is 1. The van der Waals surface area contributed by atoms with Gasteiger partial charge in [-0.3, -0.25) is 5.43 Å². The third kappa shape index (κ3) is 3.15. The average Bonchev–Trinajstić information content (AvgIpc) is 3.05. The van der Waals surface area contributed by atoms with Gasteiger partial charge in [-0.25, -0.2) is 15.0 Å². The van der Waals surface area contributed by atoms with E-state index in [2.05, 4.69) is 52.3 Å². The third-order valence-electron chi connectivity index (χ3n) is 3.05. The summed E-state index contributed by atoms with van der Waals surface area (Å²) < 4.78 is 0. The highest BCUT2D eigenvalue weighted by molar-refractivity contribution is 7.18. The Morgan fingerprint density at radius 1 is 1.27 bits per heavy atom. The molecule has 3 aromatic rings. The molecule has 0 spiro atoms. The van der Waals surface area contributed by atoms with Crippen molar-refractivity contribution in [3.63, 3.8) is 0 Å². The van der Waals surface area contributed by atoms with Crippen LogP contribution in [0.1, 0.15) is 36.3 Å². The molecule has 0 radical (unpaired) electrons. The molecule has 3 rings (SSSR count). The maximum atomic E-state index is 4.35. The Morgan fingerprint density at radius 3 is 2.77 bits per heavy atom. The van der Waals surface area contributed by atoms with E-state index in [1.807, 2.05) is 12.3 Å². The van der Waals surface area contributed by atoms with Gasteiger partial charge in [-0.2, -0.15) is 5.10 Å². The minimum atomic E-state index is 0.102. The van der Waals surface area contributed by atoms with Crippen molar-refractivity contribution in [2.75, 3.05) is 5.43 Å². The Morgan fingerprint density at radius 2 is 2.09 bits per heavy atom. The number of nitrogens with zero attached hydrogens (tertiary/aromatic N) is 4. The van der Waals surface area contributed by atoms with Gasteiger partial charge in [-0.1, -0.05) is 20.8 Å². The molecule has 0 aliphatic heterocycles. The van der Waals surface area contributed by atoms with Gasteiger partial charge in [0.25, 0.3) is 0 Å². The Labute approximate surface area is 137 Å². The number of fused-ring (bicyclic) bond motifs is 1. The summed E-state index contributed by atoms with van der Waals surface area (Å²) in [4.78, 5) is 15.2. The molecule has 0 unspecified atom stereocenters. The predicted molar refractivity (Wildman–Crippen MR) is 94.2 cm³/mol. The summed E-state index contributed by atoms with van der Waals surface area (Å²) in [6.45, 7) is 8.55. The van der Waals surface area contributed by atoms with Crippen molar-refractivity contribution in [1.29, 1.82) is 0 Å². The first-order valence-electron chi connectivity index (χ1n) is 6.90. The minimum absolute atomic E-state index is 0.102. The van der Waals surface area contributed by atoms with E-state index in [0.29, 0.717) is 0 Å². The number of anilines is 1. The zero-order valence-electron chi connectivity index (χ0n) is 12.9. The average molecular weight is 331 g/mol. The lowest BCUT2D eigenvalue weighted by molar-refractivity contribution is 0.604. The van der Waals surface area contributed by atoms with Gasteiger partial charge in [0.15, 0.2) is 5.82 Å². The van der Waals surface area contributed by atoms with E-state index < -0.39 is 0 Å². The van der Waals surface area contributed by atoms with Crippen molar-refractivity contribution < 1.29 is 0 Å². The quantitative estimate of drug-likeness (QED) is 0.577. The van der Waals surface area contributed by atoms with Crippen molar-refractivity contribution in [3.05, 3.63) is 33.4 Å². The fourth-order valence-corrected chi connectivity index (χ4v) is 3.61. The van der Waals surface area contributed by atoms with Gasteiger partial charge in [0.1, 0.15) is 16.2 Å². The number of aryl methyl sites for hydroxylation is 1. The van der Waals surface area contributed by atoms with Crippen LogP contribution in [0.4, 0.5) is 5.82 Å². The zero-order valence-corrected chi connectivity index (χ0v) is 14.5. The Kier molecular flexibility index (Phi) is 3.92. The first-order chi connectivity index (χ1) is 10.4. The summed E-state index contributed by atoms with van der Waals surface area (Å²) in [7, 11) is 0. The molecular formula is C15H17N5S2. The van der Waals surface area contributed by atoms with Gasteiger partial charge < -0.3 is 0 Å². The van der Waals surface area contributed by atoms with Crippen molar-refractivity contribution in [3.8, 4) is 0 Å². The second kappa shape index (κ2) is 5.73. The molecule has 0 aromatic carbocycles. The molecule has 0 bridgehead atoms. The number of rotatable bonds is 3. The maximum absolute atomic E-state index is 4.35. The van der Waals surface area contributed by atoms with Gasteiger partial charge in [-0.15, -0.1) is 22.7 Å². The topological polar surface area (TPSA) is 63.1 Å². The Balaban J connectivity index is 1.87. The Bertz CT molecular complexity index is 826. The fourth-order valence-electron chi connectivity index (χ4n) is 1.89. The van der Waals surface area contributed by atoms with Gasteiger partial charge in [0, 0.05) is 16.0 Å².